The number of hydrogen-bond donors (Lipinski definition) is 2. The van der Waals surface area contributed by atoms with E-state index in [4.69, 9.17) is 23.2 Å². The normalized spacial score (nSPS) is 20.6. The molecule has 1 heterocycles. The molecule has 0 aromatic heterocycles. The molecule has 188 valence electrons. The van der Waals surface area contributed by atoms with Crippen molar-refractivity contribution in [1.29, 1.82) is 0 Å². The molecule has 0 aliphatic carbocycles. The molecular weight excluding hydrogens is 547 g/mol. The van der Waals surface area contributed by atoms with Crippen molar-refractivity contribution in [3.63, 3.8) is 0 Å². The van der Waals surface area contributed by atoms with Gasteiger partial charge in [-0.2, -0.15) is 4.31 Å². The maximum absolute atomic E-state index is 13.5. The van der Waals surface area contributed by atoms with Gasteiger partial charge in [0.2, 0.25) is 20.0 Å². The van der Waals surface area contributed by atoms with Crippen molar-refractivity contribution < 1.29 is 30.4 Å². The fourth-order valence-corrected chi connectivity index (χ4v) is 9.32. The molecule has 2 aromatic rings. The van der Waals surface area contributed by atoms with Crippen LogP contribution in [0, 0.1) is 13.8 Å². The number of aliphatic hydroxyl groups is 1. The zero-order chi connectivity index (χ0) is 25.5. The summed E-state index contributed by atoms with van der Waals surface area (Å²) in [6.07, 6.45) is -1.47. The average Bonchev–Trinajstić information content (AvgIpc) is 3.00. The number of hydrogen-bond acceptors (Lipinski definition) is 7. The zero-order valence-corrected chi connectivity index (χ0v) is 22.2. The summed E-state index contributed by atoms with van der Waals surface area (Å²) in [5.74, 6) is -1.18. The van der Waals surface area contributed by atoms with Gasteiger partial charge in [0.1, 0.15) is 0 Å². The van der Waals surface area contributed by atoms with Crippen molar-refractivity contribution in [2.24, 2.45) is 0 Å². The molecular formula is C20H24Cl2N2O7S3. The lowest BCUT2D eigenvalue weighted by molar-refractivity contribution is 0.128. The molecule has 0 amide bonds. The number of sulfone groups is 1. The van der Waals surface area contributed by atoms with Gasteiger partial charge in [0, 0.05) is 23.1 Å². The second kappa shape index (κ2) is 10.0. The van der Waals surface area contributed by atoms with Gasteiger partial charge >= 0.3 is 0 Å². The van der Waals surface area contributed by atoms with Crippen LogP contribution in [0.15, 0.2) is 46.2 Å². The van der Waals surface area contributed by atoms with Crippen LogP contribution in [-0.4, -0.2) is 71.4 Å². The molecule has 9 nitrogen and oxygen atoms in total. The van der Waals surface area contributed by atoms with E-state index in [1.54, 1.807) is 19.9 Å². The molecule has 1 fully saturated rings. The fraction of sp³-hybridized carbons (Fsp3) is 0.400. The topological polar surface area (TPSA) is 138 Å². The lowest BCUT2D eigenvalue weighted by atomic mass is 10.2. The Balaban J connectivity index is 1.94. The standard InChI is InChI=1S/C20H24Cl2N2O7S3/c1-13-3-5-15(21)9-19(13)33(28,29)23-7-8-24(17-11-32(26,27)12-18(17)25)34(30,31)20-10-16(22)6-4-14(20)2/h3-6,9-10,17-18,23,25H,7-8,11-12H2,1-2H3/t17-,18+/m0/s1. The molecule has 0 bridgehead atoms. The van der Waals surface area contributed by atoms with E-state index in [0.29, 0.717) is 11.1 Å². The second-order valence-corrected chi connectivity index (χ2v) is 14.7. The third-order valence-electron chi connectivity index (χ3n) is 5.46. The molecule has 1 aliphatic heterocycles. The molecule has 3 rings (SSSR count). The summed E-state index contributed by atoms with van der Waals surface area (Å²) >= 11 is 11.9. The molecule has 34 heavy (non-hydrogen) atoms. The Morgan fingerprint density at radius 2 is 1.50 bits per heavy atom. The maximum atomic E-state index is 13.5. The highest BCUT2D eigenvalue weighted by atomic mass is 35.5. The Hall–Kier alpha value is -1.25. The van der Waals surface area contributed by atoms with Gasteiger partial charge in [-0.15, -0.1) is 0 Å². The first-order valence-corrected chi connectivity index (χ1v) is 15.6. The first kappa shape index (κ1) is 27.3. The molecule has 0 saturated carbocycles. The van der Waals surface area contributed by atoms with E-state index >= 15 is 0 Å². The highest BCUT2D eigenvalue weighted by Crippen LogP contribution is 2.29. The monoisotopic (exact) mass is 570 g/mol. The highest BCUT2D eigenvalue weighted by molar-refractivity contribution is 7.92. The summed E-state index contributed by atoms with van der Waals surface area (Å²) in [7, 11) is -12.1. The third-order valence-corrected chi connectivity index (χ3v) is 11.3. The van der Waals surface area contributed by atoms with E-state index in [1.165, 1.54) is 30.3 Å². The van der Waals surface area contributed by atoms with Gasteiger partial charge in [0.05, 0.1) is 33.4 Å². The van der Waals surface area contributed by atoms with Crippen molar-refractivity contribution in [3.05, 3.63) is 57.6 Å². The number of rotatable bonds is 8. The Bertz CT molecular complexity index is 1410. The third kappa shape index (κ3) is 5.93. The molecule has 2 atom stereocenters. The van der Waals surface area contributed by atoms with Gasteiger partial charge in [-0.25, -0.2) is 30.0 Å². The maximum Gasteiger partial charge on any atom is 0.243 e. The minimum Gasteiger partial charge on any atom is -0.390 e. The minimum atomic E-state index is -4.35. The van der Waals surface area contributed by atoms with Crippen LogP contribution in [-0.2, 0) is 29.9 Å². The van der Waals surface area contributed by atoms with Gasteiger partial charge in [0.25, 0.3) is 0 Å². The SMILES string of the molecule is Cc1ccc(Cl)cc1S(=O)(=O)NCCN([C@H]1CS(=O)(=O)C[C@H]1O)S(=O)(=O)c1cc(Cl)ccc1C. The van der Waals surface area contributed by atoms with Crippen molar-refractivity contribution in [2.45, 2.75) is 35.8 Å². The number of aryl methyl sites for hydroxylation is 2. The Morgan fingerprint density at radius 3 is 2.03 bits per heavy atom. The fourth-order valence-electron chi connectivity index (χ4n) is 3.76. The quantitative estimate of drug-likeness (QED) is 0.492. The van der Waals surface area contributed by atoms with E-state index in [-0.39, 0.29) is 26.4 Å². The summed E-state index contributed by atoms with van der Waals surface area (Å²) in [4.78, 5) is -0.228. The van der Waals surface area contributed by atoms with Crippen molar-refractivity contribution in [1.82, 2.24) is 9.03 Å². The van der Waals surface area contributed by atoms with Gasteiger partial charge in [-0.3, -0.25) is 0 Å². The van der Waals surface area contributed by atoms with E-state index < -0.39 is 60.1 Å². The van der Waals surface area contributed by atoms with E-state index in [2.05, 4.69) is 4.72 Å². The predicted octanol–water partition coefficient (Wildman–Crippen LogP) is 1.74. The first-order chi connectivity index (χ1) is 15.6. The lowest BCUT2D eigenvalue weighted by Gasteiger charge is -2.30. The Kier molecular flexibility index (Phi) is 8.05. The van der Waals surface area contributed by atoms with Crippen LogP contribution in [0.3, 0.4) is 0 Å². The summed E-state index contributed by atoms with van der Waals surface area (Å²) in [5, 5.41) is 10.7. The number of benzene rings is 2. The number of sulfonamides is 2. The van der Waals surface area contributed by atoms with Gasteiger partial charge in [0.15, 0.2) is 9.84 Å². The van der Waals surface area contributed by atoms with Crippen LogP contribution in [0.25, 0.3) is 0 Å². The first-order valence-electron chi connectivity index (χ1n) is 10.1. The molecule has 2 aromatic carbocycles. The van der Waals surface area contributed by atoms with Crippen LogP contribution >= 0.6 is 23.2 Å². The van der Waals surface area contributed by atoms with Crippen LogP contribution in [0.1, 0.15) is 11.1 Å². The van der Waals surface area contributed by atoms with Gasteiger partial charge in [-0.05, 0) is 49.2 Å². The average molecular weight is 572 g/mol. The van der Waals surface area contributed by atoms with Gasteiger partial charge in [-0.1, -0.05) is 35.3 Å². The molecule has 0 spiro atoms. The predicted molar refractivity (Wildman–Crippen MR) is 130 cm³/mol. The van der Waals surface area contributed by atoms with Crippen LogP contribution in [0.2, 0.25) is 10.0 Å². The molecule has 2 N–H and O–H groups in total. The molecule has 0 unspecified atom stereocenters. The number of aliphatic hydroxyl groups excluding tert-OH is 1. The van der Waals surface area contributed by atoms with E-state index in [1.807, 2.05) is 0 Å². The van der Waals surface area contributed by atoms with Crippen LogP contribution in [0.5, 0.6) is 0 Å². The zero-order valence-electron chi connectivity index (χ0n) is 18.3. The smallest absolute Gasteiger partial charge is 0.243 e. The van der Waals surface area contributed by atoms with E-state index in [9.17, 15) is 30.4 Å². The summed E-state index contributed by atoms with van der Waals surface area (Å²) in [6.45, 7) is 2.33. The number of nitrogens with one attached hydrogen (secondary N) is 1. The van der Waals surface area contributed by atoms with Crippen molar-refractivity contribution in [3.8, 4) is 0 Å². The summed E-state index contributed by atoms with van der Waals surface area (Å²) < 4.78 is 80.0. The molecule has 14 heteroatoms. The molecule has 1 saturated heterocycles. The summed E-state index contributed by atoms with van der Waals surface area (Å²) in [6, 6.07) is 7.31. The number of nitrogens with zero attached hydrogens (tertiary/aromatic N) is 1. The summed E-state index contributed by atoms with van der Waals surface area (Å²) in [5.41, 5.74) is 0.799. The van der Waals surface area contributed by atoms with Crippen molar-refractivity contribution in [2.75, 3.05) is 24.6 Å². The van der Waals surface area contributed by atoms with Gasteiger partial charge < -0.3 is 5.11 Å². The Morgan fingerprint density at radius 1 is 0.971 bits per heavy atom. The van der Waals surface area contributed by atoms with E-state index in [0.717, 1.165) is 4.31 Å². The Labute approximate surface area is 209 Å². The second-order valence-electron chi connectivity index (χ2n) is 8.04. The number of halogens is 2. The highest BCUT2D eigenvalue weighted by Gasteiger charge is 2.45. The van der Waals surface area contributed by atoms with Crippen LogP contribution < -0.4 is 4.72 Å². The minimum absolute atomic E-state index is 0.0661. The molecule has 0 radical (unpaired) electrons. The largest absolute Gasteiger partial charge is 0.390 e. The van der Waals surface area contributed by atoms with Crippen LogP contribution in [0.4, 0.5) is 0 Å². The molecule has 1 aliphatic rings. The van der Waals surface area contributed by atoms with Crippen molar-refractivity contribution >= 4 is 53.1 Å². The lowest BCUT2D eigenvalue weighted by Crippen LogP contribution is -2.49.